The van der Waals surface area contributed by atoms with Crippen LogP contribution in [0.25, 0.3) is 11.0 Å². The zero-order valence-corrected chi connectivity index (χ0v) is 25.8. The van der Waals surface area contributed by atoms with E-state index in [0.717, 1.165) is 38.9 Å². The van der Waals surface area contributed by atoms with Gasteiger partial charge in [0.2, 0.25) is 10.0 Å². The van der Waals surface area contributed by atoms with Crippen molar-refractivity contribution in [1.29, 1.82) is 0 Å². The number of fused-ring (bicyclic) bond motifs is 2. The molecule has 222 valence electrons. The quantitative estimate of drug-likeness (QED) is 0.281. The zero-order valence-electron chi connectivity index (χ0n) is 25.0. The Balaban J connectivity index is 1.62. The van der Waals surface area contributed by atoms with Crippen molar-refractivity contribution < 1.29 is 23.1 Å². The number of aromatic nitrogens is 3. The highest BCUT2D eigenvalue weighted by Crippen LogP contribution is 2.44. The number of sulfonamides is 1. The lowest BCUT2D eigenvalue weighted by molar-refractivity contribution is -0.147. The highest BCUT2D eigenvalue weighted by molar-refractivity contribution is 7.89. The molecule has 1 unspecified atom stereocenters. The van der Waals surface area contributed by atoms with Crippen LogP contribution in [-0.2, 0) is 27.9 Å². The second kappa shape index (κ2) is 11.1. The lowest BCUT2D eigenvalue weighted by Crippen LogP contribution is -2.36. The van der Waals surface area contributed by atoms with E-state index in [0.29, 0.717) is 18.7 Å². The standard InChI is InChI=1S/C32H38N4O5S/c1-7-24-19-35(42(39,40)28-12-10-9-11-27(28)41-24)18-23-17-22(14-13-20(23)3)29(32(5,6)31(37)38)25-15-16-26-30(21(25)4)33-34-36(26)8-2/h9-17,24,29H,7-8,18-19H2,1-6H3,(H,37,38)/t24-,29?/m1/s1. The molecule has 0 saturated carbocycles. The van der Waals surface area contributed by atoms with Gasteiger partial charge < -0.3 is 9.84 Å². The summed E-state index contributed by atoms with van der Waals surface area (Å²) in [6, 6.07) is 16.5. The number of hydrogen-bond acceptors (Lipinski definition) is 6. The van der Waals surface area contributed by atoms with Crippen molar-refractivity contribution in [3.05, 3.63) is 82.4 Å². The third kappa shape index (κ3) is 5.07. The summed E-state index contributed by atoms with van der Waals surface area (Å²) < 4.78 is 37.1. The Morgan fingerprint density at radius 2 is 1.86 bits per heavy atom. The number of benzene rings is 3. The van der Waals surface area contributed by atoms with Gasteiger partial charge in [-0.3, -0.25) is 4.79 Å². The van der Waals surface area contributed by atoms with Crippen molar-refractivity contribution in [2.45, 2.75) is 78.0 Å². The van der Waals surface area contributed by atoms with Gasteiger partial charge in [0.05, 0.1) is 17.5 Å². The van der Waals surface area contributed by atoms with E-state index in [2.05, 4.69) is 10.3 Å². The normalized spacial score (nSPS) is 17.8. The zero-order chi connectivity index (χ0) is 30.4. The first kappa shape index (κ1) is 29.7. The van der Waals surface area contributed by atoms with Gasteiger partial charge in [-0.05, 0) is 87.1 Å². The molecule has 3 aromatic carbocycles. The Bertz CT molecular complexity index is 1760. The number of carbonyl (C=O) groups is 1. The van der Waals surface area contributed by atoms with Crippen LogP contribution in [0.5, 0.6) is 5.75 Å². The Morgan fingerprint density at radius 3 is 2.55 bits per heavy atom. The van der Waals surface area contributed by atoms with Crippen molar-refractivity contribution in [3.8, 4) is 5.75 Å². The Morgan fingerprint density at radius 1 is 1.12 bits per heavy atom. The van der Waals surface area contributed by atoms with E-state index in [1.807, 2.05) is 62.7 Å². The van der Waals surface area contributed by atoms with Gasteiger partial charge in [-0.25, -0.2) is 13.1 Å². The van der Waals surface area contributed by atoms with E-state index in [4.69, 9.17) is 4.74 Å². The minimum atomic E-state index is -3.84. The van der Waals surface area contributed by atoms with Crippen LogP contribution in [0.15, 0.2) is 59.5 Å². The predicted octanol–water partition coefficient (Wildman–Crippen LogP) is 5.67. The number of carboxylic acids is 1. The van der Waals surface area contributed by atoms with E-state index in [-0.39, 0.29) is 24.1 Å². The van der Waals surface area contributed by atoms with Crippen LogP contribution in [0.1, 0.15) is 67.9 Å². The largest absolute Gasteiger partial charge is 0.488 e. The van der Waals surface area contributed by atoms with Crippen molar-refractivity contribution in [1.82, 2.24) is 19.3 Å². The number of aliphatic carboxylic acids is 1. The fourth-order valence-corrected chi connectivity index (χ4v) is 7.44. The molecule has 0 aliphatic carbocycles. The van der Waals surface area contributed by atoms with Gasteiger partial charge in [0, 0.05) is 19.0 Å². The van der Waals surface area contributed by atoms with Crippen LogP contribution in [0, 0.1) is 19.3 Å². The lowest BCUT2D eigenvalue weighted by Gasteiger charge is -2.33. The van der Waals surface area contributed by atoms with Crippen LogP contribution in [-0.4, -0.2) is 51.4 Å². The summed E-state index contributed by atoms with van der Waals surface area (Å²) in [6.07, 6.45) is 0.357. The smallest absolute Gasteiger partial charge is 0.310 e. The Labute approximate surface area is 247 Å². The highest BCUT2D eigenvalue weighted by atomic mass is 32.2. The molecule has 0 fully saturated rings. The summed E-state index contributed by atoms with van der Waals surface area (Å²) in [5.41, 5.74) is 4.72. The maximum absolute atomic E-state index is 13.8. The number of rotatable bonds is 8. The molecule has 0 saturated heterocycles. The number of carboxylic acid groups (broad SMARTS) is 1. The van der Waals surface area contributed by atoms with Crippen molar-refractivity contribution in [3.63, 3.8) is 0 Å². The Kier molecular flexibility index (Phi) is 7.89. The van der Waals surface area contributed by atoms with Crippen LogP contribution in [0.2, 0.25) is 0 Å². The maximum Gasteiger partial charge on any atom is 0.310 e. The first-order valence-corrected chi connectivity index (χ1v) is 15.7. The molecule has 5 rings (SSSR count). The maximum atomic E-state index is 13.8. The van der Waals surface area contributed by atoms with Crippen LogP contribution < -0.4 is 4.74 Å². The molecule has 4 aromatic rings. The molecular formula is C32H38N4O5S. The topological polar surface area (TPSA) is 115 Å². The molecule has 0 amide bonds. The molecule has 2 atom stereocenters. The third-order valence-electron chi connectivity index (χ3n) is 8.54. The second-order valence-corrected chi connectivity index (χ2v) is 13.5. The van der Waals surface area contributed by atoms with Gasteiger partial charge >= 0.3 is 5.97 Å². The predicted molar refractivity (Wildman–Crippen MR) is 161 cm³/mol. The fourth-order valence-electron chi connectivity index (χ4n) is 5.87. The van der Waals surface area contributed by atoms with Gasteiger partial charge in [0.25, 0.3) is 0 Å². The molecule has 0 bridgehead atoms. The average molecular weight is 591 g/mol. The van der Waals surface area contributed by atoms with E-state index in [9.17, 15) is 18.3 Å². The minimum absolute atomic E-state index is 0.138. The molecular weight excluding hydrogens is 552 g/mol. The minimum Gasteiger partial charge on any atom is -0.488 e. The van der Waals surface area contributed by atoms with Gasteiger partial charge in [0.1, 0.15) is 22.3 Å². The molecule has 10 heteroatoms. The second-order valence-electron chi connectivity index (χ2n) is 11.6. The highest BCUT2D eigenvalue weighted by Gasteiger charge is 2.41. The van der Waals surface area contributed by atoms with Gasteiger partial charge in [-0.2, -0.15) is 4.31 Å². The van der Waals surface area contributed by atoms with Crippen LogP contribution in [0.3, 0.4) is 0 Å². The summed E-state index contributed by atoms with van der Waals surface area (Å²) >= 11 is 0. The van der Waals surface area contributed by atoms with E-state index in [1.165, 1.54) is 4.31 Å². The SMILES string of the molecule is CC[C@@H]1CN(Cc2cc(C(c3ccc4c(nnn4CC)c3C)C(C)(C)C(=O)O)ccc2C)S(=O)(=O)c2ccccc2O1. The number of aryl methyl sites for hydroxylation is 3. The van der Waals surface area contributed by atoms with Crippen molar-refractivity contribution in [2.24, 2.45) is 5.41 Å². The summed E-state index contributed by atoms with van der Waals surface area (Å²) in [5, 5.41) is 19.0. The third-order valence-corrected chi connectivity index (χ3v) is 10.4. The summed E-state index contributed by atoms with van der Waals surface area (Å²) in [5.74, 6) is -1.09. The Hall–Kier alpha value is -3.76. The first-order valence-electron chi connectivity index (χ1n) is 14.3. The average Bonchev–Trinajstić information content (AvgIpc) is 3.34. The number of hydrogen-bond donors (Lipinski definition) is 1. The van der Waals surface area contributed by atoms with E-state index >= 15 is 0 Å². The molecule has 0 spiro atoms. The lowest BCUT2D eigenvalue weighted by atomic mass is 9.69. The first-order chi connectivity index (χ1) is 19.9. The number of ether oxygens (including phenoxy) is 1. The number of para-hydroxylation sites is 1. The fraction of sp³-hybridized carbons (Fsp3) is 0.406. The van der Waals surface area contributed by atoms with Crippen LogP contribution >= 0.6 is 0 Å². The van der Waals surface area contributed by atoms with Crippen LogP contribution in [0.4, 0.5) is 0 Å². The molecule has 2 heterocycles. The molecule has 1 aliphatic heterocycles. The molecule has 0 radical (unpaired) electrons. The molecule has 1 aliphatic rings. The van der Waals surface area contributed by atoms with Crippen molar-refractivity contribution >= 4 is 27.0 Å². The molecule has 42 heavy (non-hydrogen) atoms. The van der Waals surface area contributed by atoms with E-state index in [1.54, 1.807) is 38.1 Å². The number of nitrogens with zero attached hydrogens (tertiary/aromatic N) is 4. The summed E-state index contributed by atoms with van der Waals surface area (Å²) in [6.45, 7) is 12.4. The molecule has 1 aromatic heterocycles. The van der Waals surface area contributed by atoms with Gasteiger partial charge in [0.15, 0.2) is 0 Å². The van der Waals surface area contributed by atoms with E-state index < -0.39 is 27.3 Å². The monoisotopic (exact) mass is 590 g/mol. The van der Waals surface area contributed by atoms with Gasteiger partial charge in [-0.1, -0.05) is 48.5 Å². The molecule has 1 N–H and O–H groups in total. The van der Waals surface area contributed by atoms with Crippen molar-refractivity contribution in [2.75, 3.05) is 6.54 Å². The summed E-state index contributed by atoms with van der Waals surface area (Å²) in [4.78, 5) is 12.8. The summed E-state index contributed by atoms with van der Waals surface area (Å²) in [7, 11) is -3.84. The molecule has 9 nitrogen and oxygen atoms in total. The van der Waals surface area contributed by atoms with Gasteiger partial charge in [-0.15, -0.1) is 5.10 Å².